The van der Waals surface area contributed by atoms with E-state index in [-0.39, 0.29) is 6.85 Å². The summed E-state index contributed by atoms with van der Waals surface area (Å²) < 4.78 is 4.73. The van der Waals surface area contributed by atoms with Crippen molar-refractivity contribution in [3.05, 3.63) is 95.7 Å². The van der Waals surface area contributed by atoms with Gasteiger partial charge in [-0.3, -0.25) is 5.84 Å². The Kier molecular flexibility index (Phi) is 4.09. The number of hydrazine groups is 1. The molecular formula is C29H24BN5. The van der Waals surface area contributed by atoms with E-state index in [1.54, 1.807) is 0 Å². The van der Waals surface area contributed by atoms with Crippen LogP contribution in [0.3, 0.4) is 0 Å². The molecule has 6 aromatic rings. The summed E-state index contributed by atoms with van der Waals surface area (Å²) in [5.74, 6) is 6.00. The second-order valence-corrected chi connectivity index (χ2v) is 9.40. The molecule has 0 bridgehead atoms. The average molecular weight is 453 g/mol. The number of nitrogen functional groups attached to an aromatic ring is 1. The van der Waals surface area contributed by atoms with Gasteiger partial charge in [-0.1, -0.05) is 72.8 Å². The minimum atomic E-state index is -0.0243. The zero-order valence-electron chi connectivity index (χ0n) is 19.6. The number of nitrogens with two attached hydrogens (primary N) is 1. The van der Waals surface area contributed by atoms with Gasteiger partial charge in [-0.2, -0.15) is 0 Å². The van der Waals surface area contributed by atoms with Gasteiger partial charge in [-0.15, -0.1) is 0 Å². The molecule has 4 N–H and O–H groups in total. The fourth-order valence-corrected chi connectivity index (χ4v) is 6.27. The van der Waals surface area contributed by atoms with Crippen molar-refractivity contribution in [2.24, 2.45) is 5.84 Å². The first-order chi connectivity index (χ1) is 17.2. The van der Waals surface area contributed by atoms with E-state index in [1.165, 1.54) is 50.1 Å². The van der Waals surface area contributed by atoms with Gasteiger partial charge in [0.05, 0.1) is 16.9 Å². The summed E-state index contributed by atoms with van der Waals surface area (Å²) in [6.45, 7) is 4.38. The number of para-hydroxylation sites is 4. The number of aromatic nitrogens is 2. The van der Waals surface area contributed by atoms with Crippen molar-refractivity contribution >= 4 is 62.4 Å². The minimum absolute atomic E-state index is 0.0243. The maximum atomic E-state index is 8.22. The molecule has 0 amide bonds. The summed E-state index contributed by atoms with van der Waals surface area (Å²) >= 11 is 0. The SMILES string of the molecule is Cc1cccc2c3cccc(C)c3n(B3c4ccccc4-n4c(C=N)c(NN)c5cccc3c54)c12. The Bertz CT molecular complexity index is 1780. The van der Waals surface area contributed by atoms with Crippen LogP contribution in [0.15, 0.2) is 78.9 Å². The van der Waals surface area contributed by atoms with Gasteiger partial charge in [0.2, 0.25) is 0 Å². The Hall–Kier alpha value is -4.29. The van der Waals surface area contributed by atoms with Crippen LogP contribution in [0.25, 0.3) is 38.4 Å². The van der Waals surface area contributed by atoms with Gasteiger partial charge >= 0.3 is 6.85 Å². The lowest BCUT2D eigenvalue weighted by atomic mass is 9.48. The van der Waals surface area contributed by atoms with E-state index in [2.05, 4.69) is 107 Å². The number of fused-ring (bicyclic) bond motifs is 5. The molecular weight excluding hydrogens is 429 g/mol. The largest absolute Gasteiger partial charge is 0.375 e. The highest BCUT2D eigenvalue weighted by molar-refractivity contribution is 6.88. The summed E-state index contributed by atoms with van der Waals surface area (Å²) in [4.78, 5) is 0. The Morgan fingerprint density at radius 2 is 1.34 bits per heavy atom. The van der Waals surface area contributed by atoms with Crippen LogP contribution < -0.4 is 22.2 Å². The molecule has 3 heterocycles. The number of rotatable bonds is 3. The number of hydrogen-bond acceptors (Lipinski definition) is 3. The lowest BCUT2D eigenvalue weighted by molar-refractivity contribution is 1.11. The minimum Gasteiger partial charge on any atom is -0.375 e. The Labute approximate surface area is 203 Å². The number of aryl methyl sites for hydroxylation is 2. The van der Waals surface area contributed by atoms with Crippen molar-refractivity contribution in [3.8, 4) is 5.69 Å². The van der Waals surface area contributed by atoms with Crippen molar-refractivity contribution in [2.75, 3.05) is 5.43 Å². The lowest BCUT2D eigenvalue weighted by Crippen LogP contribution is -2.53. The molecule has 0 fully saturated rings. The van der Waals surface area contributed by atoms with E-state index in [0.29, 0.717) is 0 Å². The topological polar surface area (TPSA) is 71.8 Å². The Morgan fingerprint density at radius 3 is 2.00 bits per heavy atom. The van der Waals surface area contributed by atoms with Gasteiger partial charge in [0, 0.05) is 39.1 Å². The Balaban J connectivity index is 1.73. The highest BCUT2D eigenvalue weighted by Gasteiger charge is 2.37. The normalized spacial score (nSPS) is 12.5. The highest BCUT2D eigenvalue weighted by atomic mass is 15.2. The molecule has 0 aliphatic carbocycles. The van der Waals surface area contributed by atoms with Crippen molar-refractivity contribution in [3.63, 3.8) is 0 Å². The van der Waals surface area contributed by atoms with E-state index in [0.717, 1.165) is 28.0 Å². The quantitative estimate of drug-likeness (QED) is 0.158. The number of benzene rings is 4. The first kappa shape index (κ1) is 20.1. The van der Waals surface area contributed by atoms with Gasteiger partial charge in [0.25, 0.3) is 0 Å². The fourth-order valence-electron chi connectivity index (χ4n) is 6.27. The predicted octanol–water partition coefficient (Wildman–Crippen LogP) is 4.61. The molecule has 1 aliphatic rings. The molecule has 4 aromatic carbocycles. The fraction of sp³-hybridized carbons (Fsp3) is 0.0690. The Morgan fingerprint density at radius 1 is 0.743 bits per heavy atom. The molecule has 0 spiro atoms. The molecule has 0 atom stereocenters. The third kappa shape index (κ3) is 2.44. The van der Waals surface area contributed by atoms with E-state index in [4.69, 9.17) is 11.3 Å². The van der Waals surface area contributed by atoms with Crippen molar-refractivity contribution in [1.82, 2.24) is 9.05 Å². The first-order valence-corrected chi connectivity index (χ1v) is 11.9. The zero-order valence-corrected chi connectivity index (χ0v) is 19.6. The van der Waals surface area contributed by atoms with Gasteiger partial charge in [-0.25, -0.2) is 0 Å². The first-order valence-electron chi connectivity index (χ1n) is 11.9. The molecule has 2 aromatic heterocycles. The maximum Gasteiger partial charge on any atom is 0.332 e. The molecule has 0 unspecified atom stereocenters. The van der Waals surface area contributed by atoms with Crippen LogP contribution in [0.2, 0.25) is 0 Å². The summed E-state index contributed by atoms with van der Waals surface area (Å²) in [6.07, 6.45) is 1.39. The number of hydrogen-bond donors (Lipinski definition) is 3. The van der Waals surface area contributed by atoms with Crippen LogP contribution >= 0.6 is 0 Å². The summed E-state index contributed by atoms with van der Waals surface area (Å²) in [5, 5.41) is 11.8. The lowest BCUT2D eigenvalue weighted by Gasteiger charge is -2.29. The van der Waals surface area contributed by atoms with Crippen LogP contribution in [0.4, 0.5) is 5.69 Å². The third-order valence-corrected chi connectivity index (χ3v) is 7.61. The predicted molar refractivity (Wildman–Crippen MR) is 148 cm³/mol. The monoisotopic (exact) mass is 453 g/mol. The van der Waals surface area contributed by atoms with E-state index in [9.17, 15) is 0 Å². The highest BCUT2D eigenvalue weighted by Crippen LogP contribution is 2.37. The molecule has 5 nitrogen and oxygen atoms in total. The number of nitrogens with one attached hydrogen (secondary N) is 2. The second-order valence-electron chi connectivity index (χ2n) is 9.40. The third-order valence-electron chi connectivity index (χ3n) is 7.61. The van der Waals surface area contributed by atoms with E-state index < -0.39 is 0 Å². The molecule has 168 valence electrons. The smallest absolute Gasteiger partial charge is 0.332 e. The number of nitrogens with zero attached hydrogens (tertiary/aromatic N) is 2. The summed E-state index contributed by atoms with van der Waals surface area (Å²) in [6, 6.07) is 28.2. The summed E-state index contributed by atoms with van der Waals surface area (Å²) in [5.41, 5.74) is 14.0. The molecule has 0 radical (unpaired) electrons. The molecule has 0 saturated carbocycles. The maximum absolute atomic E-state index is 8.22. The van der Waals surface area contributed by atoms with Crippen LogP contribution in [-0.4, -0.2) is 22.1 Å². The van der Waals surface area contributed by atoms with Crippen molar-refractivity contribution < 1.29 is 0 Å². The molecule has 35 heavy (non-hydrogen) atoms. The van der Waals surface area contributed by atoms with E-state index in [1.807, 2.05) is 0 Å². The van der Waals surface area contributed by atoms with Crippen LogP contribution in [0, 0.1) is 19.3 Å². The van der Waals surface area contributed by atoms with E-state index >= 15 is 0 Å². The zero-order chi connectivity index (χ0) is 23.8. The van der Waals surface area contributed by atoms with Crippen LogP contribution in [0.5, 0.6) is 0 Å². The van der Waals surface area contributed by atoms with Gasteiger partial charge < -0.3 is 19.9 Å². The molecule has 7 rings (SSSR count). The molecule has 6 heteroatoms. The second kappa shape index (κ2) is 7.11. The molecule has 0 saturated heterocycles. The summed E-state index contributed by atoms with van der Waals surface area (Å²) in [7, 11) is 0. The van der Waals surface area contributed by atoms with Crippen LogP contribution in [-0.2, 0) is 0 Å². The van der Waals surface area contributed by atoms with Gasteiger partial charge in [0.15, 0.2) is 0 Å². The average Bonchev–Trinajstić information content (AvgIpc) is 3.40. The van der Waals surface area contributed by atoms with Crippen LogP contribution in [0.1, 0.15) is 16.8 Å². The van der Waals surface area contributed by atoms with Gasteiger partial charge in [0.1, 0.15) is 0 Å². The van der Waals surface area contributed by atoms with Gasteiger partial charge in [-0.05, 0) is 42.0 Å². The standard InChI is InChI=1S/C29H24BN5/c1-17-8-5-10-19-20-11-6-9-18(2)28(20)35(27(17)19)30-22-13-3-4-15-24(22)34-25(16-31)26(33-32)21-12-7-14-23(30)29(21)34/h3-16,31,33H,32H2,1-2H3. The number of anilines is 1. The molecule has 1 aliphatic heterocycles. The van der Waals surface area contributed by atoms with Crippen molar-refractivity contribution in [1.29, 1.82) is 5.41 Å². The van der Waals surface area contributed by atoms with Crippen molar-refractivity contribution in [2.45, 2.75) is 13.8 Å².